The van der Waals surface area contributed by atoms with Gasteiger partial charge in [0, 0.05) is 0 Å². The zero-order chi connectivity index (χ0) is 20.9. The minimum atomic E-state index is -1.13. The molecule has 4 nitrogen and oxygen atoms in total. The van der Waals surface area contributed by atoms with E-state index in [4.69, 9.17) is 0 Å². The third-order valence-corrected chi connectivity index (χ3v) is 5.60. The molecule has 0 amide bonds. The van der Waals surface area contributed by atoms with E-state index in [0.29, 0.717) is 23.5 Å². The molecule has 3 rings (SSSR count). The highest BCUT2D eigenvalue weighted by Gasteiger charge is 2.41. The Morgan fingerprint density at radius 3 is 1.79 bits per heavy atom. The van der Waals surface area contributed by atoms with Crippen LogP contribution in [-0.4, -0.2) is 21.8 Å². The highest BCUT2D eigenvalue weighted by atomic mass is 16.3. The lowest BCUT2D eigenvalue weighted by Crippen LogP contribution is -2.37. The molecule has 0 spiro atoms. The first-order chi connectivity index (χ1) is 13.9. The molecule has 0 aliphatic heterocycles. The van der Waals surface area contributed by atoms with E-state index in [2.05, 4.69) is 0 Å². The molecular formula is C25H26O4. The van der Waals surface area contributed by atoms with Crippen molar-refractivity contribution in [2.45, 2.75) is 32.6 Å². The number of carbonyl (C=O) groups is 2. The van der Waals surface area contributed by atoms with Crippen molar-refractivity contribution in [1.82, 2.24) is 0 Å². The molecule has 0 atom stereocenters. The fourth-order valence-electron chi connectivity index (χ4n) is 3.57. The van der Waals surface area contributed by atoms with Gasteiger partial charge in [0.1, 0.15) is 11.5 Å². The lowest BCUT2D eigenvalue weighted by Gasteiger charge is -2.33. The van der Waals surface area contributed by atoms with Crippen molar-refractivity contribution in [3.8, 4) is 11.5 Å². The van der Waals surface area contributed by atoms with Crippen molar-refractivity contribution in [1.29, 1.82) is 0 Å². The molecular weight excluding hydrogens is 364 g/mol. The smallest absolute Gasteiger partial charge is 0.169 e. The predicted molar refractivity (Wildman–Crippen MR) is 114 cm³/mol. The Labute approximate surface area is 171 Å². The van der Waals surface area contributed by atoms with E-state index in [1.807, 2.05) is 0 Å². The second-order valence-corrected chi connectivity index (χ2v) is 7.92. The number of phenolic OH excluding ortho intramolecular Hbond substituents is 2. The summed E-state index contributed by atoms with van der Waals surface area (Å²) < 4.78 is 0. The molecule has 1 saturated carbocycles. The van der Waals surface area contributed by atoms with Gasteiger partial charge in [0.15, 0.2) is 11.6 Å². The van der Waals surface area contributed by atoms with Crippen LogP contribution in [0.4, 0.5) is 0 Å². The average molecular weight is 390 g/mol. The topological polar surface area (TPSA) is 74.6 Å². The largest absolute Gasteiger partial charge is 0.508 e. The molecule has 0 unspecified atom stereocenters. The summed E-state index contributed by atoms with van der Waals surface area (Å²) >= 11 is 0. The first-order valence-electron chi connectivity index (χ1n) is 9.90. The van der Waals surface area contributed by atoms with Gasteiger partial charge in [-0.05, 0) is 66.8 Å². The van der Waals surface area contributed by atoms with Gasteiger partial charge in [-0.25, -0.2) is 0 Å². The van der Waals surface area contributed by atoms with Crippen LogP contribution in [0.1, 0.15) is 43.7 Å². The Hall–Kier alpha value is -3.14. The lowest BCUT2D eigenvalue weighted by atomic mass is 9.68. The Morgan fingerprint density at radius 2 is 1.41 bits per heavy atom. The molecule has 150 valence electrons. The summed E-state index contributed by atoms with van der Waals surface area (Å²) in [7, 11) is 0. The Balaban J connectivity index is 1.81. The quantitative estimate of drug-likeness (QED) is 0.482. The van der Waals surface area contributed by atoms with Crippen molar-refractivity contribution in [2.24, 2.45) is 11.3 Å². The van der Waals surface area contributed by atoms with Crippen molar-refractivity contribution >= 4 is 23.7 Å². The van der Waals surface area contributed by atoms with Crippen LogP contribution in [0, 0.1) is 11.3 Å². The number of allylic oxidation sites excluding steroid dienone is 2. The van der Waals surface area contributed by atoms with Crippen LogP contribution in [0.25, 0.3) is 12.2 Å². The second-order valence-electron chi connectivity index (χ2n) is 7.92. The molecule has 2 N–H and O–H groups in total. The number of aromatic hydroxyl groups is 2. The average Bonchev–Trinajstić information content (AvgIpc) is 2.67. The van der Waals surface area contributed by atoms with Crippen LogP contribution in [0.5, 0.6) is 11.5 Å². The molecule has 2 aromatic carbocycles. The molecule has 2 aromatic rings. The van der Waals surface area contributed by atoms with Crippen molar-refractivity contribution in [2.75, 3.05) is 0 Å². The fraction of sp³-hybridized carbons (Fsp3) is 0.280. The highest BCUT2D eigenvalue weighted by Crippen LogP contribution is 2.39. The zero-order valence-corrected chi connectivity index (χ0v) is 16.5. The first kappa shape index (κ1) is 20.6. The Kier molecular flexibility index (Phi) is 6.32. The van der Waals surface area contributed by atoms with E-state index in [0.717, 1.165) is 19.3 Å². The van der Waals surface area contributed by atoms with Gasteiger partial charge in [-0.1, -0.05) is 55.7 Å². The molecule has 0 radical (unpaired) electrons. The van der Waals surface area contributed by atoms with Crippen molar-refractivity contribution in [3.05, 3.63) is 71.8 Å². The van der Waals surface area contributed by atoms with Gasteiger partial charge >= 0.3 is 0 Å². The minimum Gasteiger partial charge on any atom is -0.508 e. The van der Waals surface area contributed by atoms with Gasteiger partial charge in [-0.2, -0.15) is 0 Å². The normalized spacial score (nSPS) is 14.9. The van der Waals surface area contributed by atoms with Crippen LogP contribution in [0.2, 0.25) is 0 Å². The van der Waals surface area contributed by atoms with E-state index in [1.165, 1.54) is 12.2 Å². The molecule has 4 heteroatoms. The summed E-state index contributed by atoms with van der Waals surface area (Å²) in [5.41, 5.74) is 0.269. The molecule has 0 aromatic heterocycles. The number of rotatable bonds is 8. The third kappa shape index (κ3) is 5.23. The maximum absolute atomic E-state index is 13.1. The minimum absolute atomic E-state index is 0.127. The van der Waals surface area contributed by atoms with Crippen LogP contribution < -0.4 is 0 Å². The van der Waals surface area contributed by atoms with E-state index in [9.17, 15) is 19.8 Å². The summed E-state index contributed by atoms with van der Waals surface area (Å²) in [5.74, 6) is 0.164. The van der Waals surface area contributed by atoms with E-state index in [-0.39, 0.29) is 23.1 Å². The standard InChI is InChI=1S/C25H26O4/c1-25(17-20-7-2-8-20,23(28)13-11-18-5-3-9-21(26)15-18)24(29)14-12-19-6-4-10-22(27)16-19/h3-6,9-16,20,26-27H,2,7-8,17H2,1H3/b13-11+,14-12+. The molecule has 1 fully saturated rings. The maximum Gasteiger partial charge on any atom is 0.169 e. The molecule has 0 heterocycles. The number of phenols is 2. The monoisotopic (exact) mass is 390 g/mol. The summed E-state index contributed by atoms with van der Waals surface area (Å²) in [4.78, 5) is 26.1. The lowest BCUT2D eigenvalue weighted by molar-refractivity contribution is -0.135. The van der Waals surface area contributed by atoms with E-state index >= 15 is 0 Å². The highest BCUT2D eigenvalue weighted by molar-refractivity contribution is 6.17. The van der Waals surface area contributed by atoms with Crippen LogP contribution in [0.15, 0.2) is 60.7 Å². The van der Waals surface area contributed by atoms with Crippen LogP contribution in [0.3, 0.4) is 0 Å². The van der Waals surface area contributed by atoms with Crippen molar-refractivity contribution in [3.63, 3.8) is 0 Å². The number of carbonyl (C=O) groups excluding carboxylic acids is 2. The summed E-state index contributed by atoms with van der Waals surface area (Å²) in [6, 6.07) is 13.2. The van der Waals surface area contributed by atoms with Gasteiger partial charge < -0.3 is 10.2 Å². The van der Waals surface area contributed by atoms with Gasteiger partial charge in [0.25, 0.3) is 0 Å². The van der Waals surface area contributed by atoms with Gasteiger partial charge in [-0.3, -0.25) is 9.59 Å². The fourth-order valence-corrected chi connectivity index (χ4v) is 3.57. The van der Waals surface area contributed by atoms with E-state index < -0.39 is 5.41 Å². The number of hydrogen-bond acceptors (Lipinski definition) is 4. The summed E-state index contributed by atoms with van der Waals surface area (Å²) in [5, 5.41) is 19.2. The SMILES string of the molecule is CC(CC1CCC1)(C(=O)/C=C/c1cccc(O)c1)C(=O)/C=C/c1cccc(O)c1. The Morgan fingerprint density at radius 1 is 0.931 bits per heavy atom. The second kappa shape index (κ2) is 8.91. The maximum atomic E-state index is 13.1. The van der Waals surface area contributed by atoms with Gasteiger partial charge in [-0.15, -0.1) is 0 Å². The number of hydrogen-bond donors (Lipinski definition) is 2. The van der Waals surface area contributed by atoms with Gasteiger partial charge in [0.2, 0.25) is 0 Å². The first-order valence-corrected chi connectivity index (χ1v) is 9.90. The number of benzene rings is 2. The summed E-state index contributed by atoms with van der Waals surface area (Å²) in [6.07, 6.45) is 9.90. The van der Waals surface area contributed by atoms with Crippen molar-refractivity contribution < 1.29 is 19.8 Å². The van der Waals surface area contributed by atoms with Crippen LogP contribution in [-0.2, 0) is 9.59 Å². The number of ketones is 2. The molecule has 0 bridgehead atoms. The predicted octanol–water partition coefficient (Wildman–Crippen LogP) is 5.16. The Bertz CT molecular complexity index is 883. The summed E-state index contributed by atoms with van der Waals surface area (Å²) in [6.45, 7) is 1.72. The van der Waals surface area contributed by atoms with E-state index in [1.54, 1.807) is 67.6 Å². The van der Waals surface area contributed by atoms with Gasteiger partial charge in [0.05, 0.1) is 5.41 Å². The molecule has 29 heavy (non-hydrogen) atoms. The third-order valence-electron chi connectivity index (χ3n) is 5.60. The molecule has 0 saturated heterocycles. The van der Waals surface area contributed by atoms with Crippen LogP contribution >= 0.6 is 0 Å². The molecule has 1 aliphatic carbocycles. The zero-order valence-electron chi connectivity index (χ0n) is 16.5. The molecule has 1 aliphatic rings.